The zero-order valence-electron chi connectivity index (χ0n) is 33.1. The van der Waals surface area contributed by atoms with Crippen molar-refractivity contribution < 1.29 is 28.7 Å². The molecule has 0 unspecified atom stereocenters. The van der Waals surface area contributed by atoms with Gasteiger partial charge in [0.05, 0.1) is 50.1 Å². The van der Waals surface area contributed by atoms with Crippen molar-refractivity contribution in [1.29, 1.82) is 0 Å². The number of allylic oxidation sites excluding steroid dienone is 1. The van der Waals surface area contributed by atoms with Crippen LogP contribution in [0.3, 0.4) is 0 Å². The summed E-state index contributed by atoms with van der Waals surface area (Å²) in [6.45, 7) is 10.6. The molecule has 2 aliphatic rings. The van der Waals surface area contributed by atoms with E-state index in [1.54, 1.807) is 22.2 Å². The minimum atomic E-state index is -0.726. The fraction of sp³-hybridized carbons (Fsp3) is 0.429. The van der Waals surface area contributed by atoms with Crippen LogP contribution < -0.4 is 10.6 Å². The van der Waals surface area contributed by atoms with Gasteiger partial charge in [0, 0.05) is 13.1 Å². The number of carbonyl (C=O) groups is 4. The molecule has 2 fully saturated rings. The smallest absolute Gasteiger partial charge is 0.407 e. The molecule has 4 aromatic rings. The Bertz CT molecular complexity index is 2050. The quantitative estimate of drug-likeness (QED) is 0.121. The molecule has 2 aromatic carbocycles. The first-order valence-corrected chi connectivity index (χ1v) is 19.2. The van der Waals surface area contributed by atoms with Gasteiger partial charge in [-0.15, -0.1) is 0 Å². The highest BCUT2D eigenvalue weighted by atomic mass is 16.5. The maximum Gasteiger partial charge on any atom is 0.407 e. The lowest BCUT2D eigenvalue weighted by Crippen LogP contribution is -2.51. The Labute approximate surface area is 327 Å². The highest BCUT2D eigenvalue weighted by Gasteiger charge is 2.40. The van der Waals surface area contributed by atoms with Crippen LogP contribution in [0, 0.1) is 11.8 Å². The molecule has 0 aliphatic carbocycles. The highest BCUT2D eigenvalue weighted by molar-refractivity contribution is 5.87. The van der Waals surface area contributed by atoms with Crippen LogP contribution in [0.15, 0.2) is 72.6 Å². The fourth-order valence-corrected chi connectivity index (χ4v) is 7.50. The SMILES string of the molecule is C/C=C1\C[C@@H](c2ncc(-c3ccc(-c4ccc(-c5cnc([C@@H]6CCCN6C(=O)[C@@H](NC(=O)OC)C(C)C)[nH]5)cc4)cc3)[nH]2)N(C(=O)[C@@H](NC(=O)OC)C(C)C)C1. The summed E-state index contributed by atoms with van der Waals surface area (Å²) in [5.74, 6) is 0.854. The van der Waals surface area contributed by atoms with Gasteiger partial charge >= 0.3 is 12.2 Å². The van der Waals surface area contributed by atoms with Gasteiger partial charge in [-0.2, -0.15) is 0 Å². The van der Waals surface area contributed by atoms with E-state index in [1.165, 1.54) is 14.2 Å². The number of H-pyrrole nitrogens is 2. The minimum Gasteiger partial charge on any atom is -0.453 e. The van der Waals surface area contributed by atoms with Gasteiger partial charge in [-0.1, -0.05) is 87.9 Å². The second kappa shape index (κ2) is 17.3. The summed E-state index contributed by atoms with van der Waals surface area (Å²) in [6.07, 6.45) is 6.64. The van der Waals surface area contributed by atoms with Crippen molar-refractivity contribution in [2.75, 3.05) is 27.3 Å². The van der Waals surface area contributed by atoms with E-state index in [0.717, 1.165) is 57.9 Å². The molecule has 4 heterocycles. The normalized spacial score (nSPS) is 18.7. The predicted molar refractivity (Wildman–Crippen MR) is 212 cm³/mol. The van der Waals surface area contributed by atoms with Crippen LogP contribution in [0.1, 0.15) is 77.6 Å². The number of methoxy groups -OCH3 is 2. The standard InChI is InChI=1S/C42H52N8O6/c1-8-26-20-34(50(23-26)40(52)36(25(4)5)48-42(54)56-7)38-44-22-32(46-38)30-17-13-28(14-18-30)27-11-15-29(16-12-27)31-21-43-37(45-31)33-10-9-19-49(33)39(51)35(24(2)3)47-41(53)55-6/h8,11-18,21-22,24-25,33-36H,9-10,19-20,23H2,1-7H3,(H,43,45)(H,44,46)(H,47,53)(H,48,54)/b26-8+/t33-,34-,35-,36-/m0/s1. The van der Waals surface area contributed by atoms with Crippen molar-refractivity contribution >= 4 is 24.0 Å². The lowest BCUT2D eigenvalue weighted by atomic mass is 10.0. The van der Waals surface area contributed by atoms with Crippen molar-refractivity contribution in [3.05, 3.63) is 84.2 Å². The van der Waals surface area contributed by atoms with E-state index in [9.17, 15) is 19.2 Å². The summed E-state index contributed by atoms with van der Waals surface area (Å²) in [4.78, 5) is 71.1. The van der Waals surface area contributed by atoms with Crippen LogP contribution in [-0.2, 0) is 19.1 Å². The van der Waals surface area contributed by atoms with Crippen LogP contribution in [0.2, 0.25) is 0 Å². The van der Waals surface area contributed by atoms with Crippen molar-refractivity contribution in [3.8, 4) is 33.6 Å². The zero-order valence-corrected chi connectivity index (χ0v) is 33.1. The van der Waals surface area contributed by atoms with E-state index in [2.05, 4.69) is 49.9 Å². The molecular formula is C42H52N8O6. The number of hydrogen-bond acceptors (Lipinski definition) is 8. The van der Waals surface area contributed by atoms with E-state index in [4.69, 9.17) is 14.5 Å². The number of rotatable bonds is 11. The maximum absolute atomic E-state index is 13.8. The number of likely N-dealkylation sites (tertiary alicyclic amines) is 2. The van der Waals surface area contributed by atoms with E-state index >= 15 is 0 Å². The van der Waals surface area contributed by atoms with Crippen LogP contribution in [0.4, 0.5) is 9.59 Å². The van der Waals surface area contributed by atoms with Crippen LogP contribution in [0.5, 0.6) is 0 Å². The van der Waals surface area contributed by atoms with E-state index in [0.29, 0.717) is 25.3 Å². The molecule has 296 valence electrons. The Hall–Kier alpha value is -5.92. The Balaban J connectivity index is 1.13. The third-order valence-electron chi connectivity index (χ3n) is 10.8. The van der Waals surface area contributed by atoms with Gasteiger partial charge in [0.25, 0.3) is 0 Å². The van der Waals surface area contributed by atoms with Crippen molar-refractivity contribution in [2.24, 2.45) is 11.8 Å². The first-order valence-electron chi connectivity index (χ1n) is 19.2. The van der Waals surface area contributed by atoms with Crippen molar-refractivity contribution in [3.63, 3.8) is 0 Å². The van der Waals surface area contributed by atoms with Gasteiger partial charge in [0.2, 0.25) is 11.8 Å². The molecule has 0 saturated carbocycles. The van der Waals surface area contributed by atoms with Crippen LogP contribution in [-0.4, -0.2) is 93.1 Å². The zero-order chi connectivity index (χ0) is 40.1. The first-order chi connectivity index (χ1) is 26.9. The van der Waals surface area contributed by atoms with Gasteiger partial charge in [0.15, 0.2) is 0 Å². The fourth-order valence-electron chi connectivity index (χ4n) is 7.50. The molecule has 56 heavy (non-hydrogen) atoms. The van der Waals surface area contributed by atoms with E-state index in [-0.39, 0.29) is 35.7 Å². The highest BCUT2D eigenvalue weighted by Crippen LogP contribution is 2.37. The molecule has 0 bridgehead atoms. The predicted octanol–water partition coefficient (Wildman–Crippen LogP) is 6.78. The molecule has 4 amide bonds. The summed E-state index contributed by atoms with van der Waals surface area (Å²) in [5.41, 5.74) is 6.86. The number of amides is 4. The number of alkyl carbamates (subject to hydrolysis) is 2. The van der Waals surface area contributed by atoms with Gasteiger partial charge < -0.3 is 39.9 Å². The molecule has 2 aromatic heterocycles. The second-order valence-electron chi connectivity index (χ2n) is 15.1. The maximum atomic E-state index is 13.8. The number of ether oxygens (including phenoxy) is 2. The number of imidazole rings is 2. The van der Waals surface area contributed by atoms with Crippen LogP contribution in [0.25, 0.3) is 33.6 Å². The summed E-state index contributed by atoms with van der Waals surface area (Å²) >= 11 is 0. The van der Waals surface area contributed by atoms with Gasteiger partial charge in [-0.25, -0.2) is 19.6 Å². The third-order valence-corrected chi connectivity index (χ3v) is 10.8. The van der Waals surface area contributed by atoms with Crippen molar-refractivity contribution in [2.45, 2.75) is 78.0 Å². The number of nitrogens with zero attached hydrogens (tertiary/aromatic N) is 4. The number of hydrogen-bond donors (Lipinski definition) is 4. The summed E-state index contributed by atoms with van der Waals surface area (Å²) < 4.78 is 9.54. The van der Waals surface area contributed by atoms with Gasteiger partial charge in [-0.3, -0.25) is 9.59 Å². The van der Waals surface area contributed by atoms with Crippen molar-refractivity contribution in [1.82, 2.24) is 40.4 Å². The summed E-state index contributed by atoms with van der Waals surface area (Å²) in [7, 11) is 2.57. The minimum absolute atomic E-state index is 0.107. The molecule has 14 nitrogen and oxygen atoms in total. The number of nitrogens with one attached hydrogen (secondary N) is 4. The molecule has 14 heteroatoms. The number of aromatic nitrogens is 4. The van der Waals surface area contributed by atoms with Gasteiger partial charge in [-0.05, 0) is 60.3 Å². The average molecular weight is 765 g/mol. The number of aromatic amines is 2. The largest absolute Gasteiger partial charge is 0.453 e. The Morgan fingerprint density at radius 2 is 1.16 bits per heavy atom. The molecular weight excluding hydrogens is 713 g/mol. The monoisotopic (exact) mass is 764 g/mol. The average Bonchev–Trinajstić information content (AvgIpc) is 4.04. The first kappa shape index (κ1) is 39.8. The Kier molecular flexibility index (Phi) is 12.3. The molecule has 2 saturated heterocycles. The number of benzene rings is 2. The molecule has 2 aliphatic heterocycles. The molecule has 6 rings (SSSR count). The van der Waals surface area contributed by atoms with E-state index < -0.39 is 24.3 Å². The summed E-state index contributed by atoms with van der Waals surface area (Å²) in [6, 6.07) is 14.5. The molecule has 0 spiro atoms. The lowest BCUT2D eigenvalue weighted by molar-refractivity contribution is -0.136. The third kappa shape index (κ3) is 8.48. The summed E-state index contributed by atoms with van der Waals surface area (Å²) in [5, 5.41) is 5.40. The van der Waals surface area contributed by atoms with Crippen LogP contribution >= 0.6 is 0 Å². The Morgan fingerprint density at radius 1 is 0.714 bits per heavy atom. The molecule has 4 N–H and O–H groups in total. The Morgan fingerprint density at radius 3 is 1.61 bits per heavy atom. The topological polar surface area (TPSA) is 175 Å². The second-order valence-corrected chi connectivity index (χ2v) is 15.1. The van der Waals surface area contributed by atoms with Gasteiger partial charge in [0.1, 0.15) is 23.7 Å². The van der Waals surface area contributed by atoms with E-state index in [1.807, 2.05) is 65.0 Å². The lowest BCUT2D eigenvalue weighted by Gasteiger charge is -2.30. The number of carbonyl (C=O) groups excluding carboxylic acids is 4. The molecule has 4 atom stereocenters. The molecule has 0 radical (unpaired) electrons.